The molecule has 2 N–H and O–H groups in total. The van der Waals surface area contributed by atoms with E-state index in [1.807, 2.05) is 84.6 Å². The van der Waals surface area contributed by atoms with Crippen LogP contribution in [-0.4, -0.2) is 48.4 Å². The summed E-state index contributed by atoms with van der Waals surface area (Å²) in [7, 11) is 1.59. The third kappa shape index (κ3) is 4.97. The number of benzene rings is 3. The van der Waals surface area contributed by atoms with E-state index < -0.39 is 24.0 Å². The smallest absolute Gasteiger partial charge is 0.309 e. The summed E-state index contributed by atoms with van der Waals surface area (Å²) in [5.74, 6) is -0.274. The number of methoxy groups -OCH3 is 1. The maximum Gasteiger partial charge on any atom is 0.309 e. The van der Waals surface area contributed by atoms with Gasteiger partial charge in [0.2, 0.25) is 12.7 Å². The number of amides is 1. The van der Waals surface area contributed by atoms with Crippen molar-refractivity contribution in [3.05, 3.63) is 89.5 Å². The van der Waals surface area contributed by atoms with Gasteiger partial charge in [0, 0.05) is 25.0 Å². The lowest BCUT2D eigenvalue weighted by atomic mass is 9.82. The molecule has 5 rings (SSSR count). The van der Waals surface area contributed by atoms with Crippen molar-refractivity contribution in [2.24, 2.45) is 5.92 Å². The zero-order valence-electron chi connectivity index (χ0n) is 20.8. The molecule has 0 aliphatic carbocycles. The van der Waals surface area contributed by atoms with E-state index in [2.05, 4.69) is 5.32 Å². The molecular weight excluding hydrogens is 472 g/mol. The number of likely N-dealkylation sites (tertiary alicyclic amines) is 1. The van der Waals surface area contributed by atoms with E-state index in [0.717, 1.165) is 16.7 Å². The first-order valence-electron chi connectivity index (χ1n) is 12.3. The van der Waals surface area contributed by atoms with Crippen molar-refractivity contribution in [2.45, 2.75) is 31.5 Å². The van der Waals surface area contributed by atoms with Crippen LogP contribution >= 0.6 is 0 Å². The number of hydrogen-bond donors (Lipinski definition) is 2. The molecule has 1 saturated heterocycles. The maximum absolute atomic E-state index is 13.3. The molecule has 192 valence electrons. The Bertz CT molecular complexity index is 1260. The Kier molecular flexibility index (Phi) is 7.01. The number of ether oxygens (including phenoxy) is 3. The van der Waals surface area contributed by atoms with Crippen LogP contribution in [0, 0.1) is 5.92 Å². The molecule has 3 aromatic rings. The molecule has 1 amide bonds. The van der Waals surface area contributed by atoms with Crippen LogP contribution in [0.5, 0.6) is 17.2 Å². The molecule has 4 unspecified atom stereocenters. The van der Waals surface area contributed by atoms with Gasteiger partial charge in [-0.1, -0.05) is 48.5 Å². The average molecular weight is 503 g/mol. The lowest BCUT2D eigenvalue weighted by Gasteiger charge is -2.31. The number of carboxylic acids is 1. The minimum absolute atomic E-state index is 0.144. The van der Waals surface area contributed by atoms with Gasteiger partial charge >= 0.3 is 5.97 Å². The molecule has 37 heavy (non-hydrogen) atoms. The summed E-state index contributed by atoms with van der Waals surface area (Å²) < 4.78 is 16.3. The Morgan fingerprint density at radius 2 is 1.73 bits per heavy atom. The zero-order valence-corrected chi connectivity index (χ0v) is 20.8. The van der Waals surface area contributed by atoms with Gasteiger partial charge in [0.05, 0.1) is 19.1 Å². The molecule has 8 heteroatoms. The monoisotopic (exact) mass is 502 g/mol. The van der Waals surface area contributed by atoms with Crippen LogP contribution in [0.3, 0.4) is 0 Å². The summed E-state index contributed by atoms with van der Waals surface area (Å²) >= 11 is 0. The zero-order chi connectivity index (χ0) is 25.9. The number of hydrogen-bond acceptors (Lipinski definition) is 6. The summed E-state index contributed by atoms with van der Waals surface area (Å²) in [6.45, 7) is 2.77. The molecule has 0 radical (unpaired) electrons. The average Bonchev–Trinajstić information content (AvgIpc) is 3.56. The molecule has 0 saturated carbocycles. The third-order valence-corrected chi connectivity index (χ3v) is 7.29. The first kappa shape index (κ1) is 24.6. The van der Waals surface area contributed by atoms with Gasteiger partial charge in [-0.2, -0.15) is 0 Å². The van der Waals surface area contributed by atoms with Crippen molar-refractivity contribution < 1.29 is 28.9 Å². The van der Waals surface area contributed by atoms with Gasteiger partial charge in [-0.25, -0.2) is 0 Å². The van der Waals surface area contributed by atoms with E-state index in [1.54, 1.807) is 7.11 Å². The Hall–Kier alpha value is -4.04. The molecular formula is C29H30N2O6. The highest BCUT2D eigenvalue weighted by Crippen LogP contribution is 2.48. The molecule has 1 fully saturated rings. The summed E-state index contributed by atoms with van der Waals surface area (Å²) in [5, 5.41) is 13.5. The van der Waals surface area contributed by atoms with E-state index >= 15 is 0 Å². The normalized spacial score (nSPS) is 21.4. The lowest BCUT2D eigenvalue weighted by Crippen LogP contribution is -2.45. The van der Waals surface area contributed by atoms with Gasteiger partial charge in [0.1, 0.15) is 5.75 Å². The molecule has 2 heterocycles. The van der Waals surface area contributed by atoms with Crippen LogP contribution in [-0.2, 0) is 16.1 Å². The van der Waals surface area contributed by atoms with Crippen LogP contribution in [0.1, 0.15) is 35.6 Å². The van der Waals surface area contributed by atoms with Gasteiger partial charge in [0.15, 0.2) is 11.5 Å². The van der Waals surface area contributed by atoms with Crippen LogP contribution in [0.4, 0.5) is 0 Å². The Labute approximate surface area is 215 Å². The lowest BCUT2D eigenvalue weighted by molar-refractivity contribution is -0.143. The number of fused-ring (bicyclic) bond motifs is 1. The molecule has 0 spiro atoms. The summed E-state index contributed by atoms with van der Waals surface area (Å²) in [5.41, 5.74) is 2.66. The minimum atomic E-state index is -0.914. The van der Waals surface area contributed by atoms with E-state index in [9.17, 15) is 14.7 Å². The van der Waals surface area contributed by atoms with Gasteiger partial charge in [-0.05, 0) is 47.9 Å². The van der Waals surface area contributed by atoms with Gasteiger partial charge in [-0.15, -0.1) is 0 Å². The predicted molar refractivity (Wildman–Crippen MR) is 137 cm³/mol. The fourth-order valence-electron chi connectivity index (χ4n) is 5.33. The van der Waals surface area contributed by atoms with Crippen molar-refractivity contribution in [1.82, 2.24) is 10.2 Å². The highest BCUT2D eigenvalue weighted by molar-refractivity contribution is 5.82. The largest absolute Gasteiger partial charge is 0.497 e. The van der Waals surface area contributed by atoms with Crippen LogP contribution in [0.2, 0.25) is 0 Å². The maximum atomic E-state index is 13.3. The molecule has 3 aromatic carbocycles. The van der Waals surface area contributed by atoms with E-state index in [1.165, 1.54) is 0 Å². The van der Waals surface area contributed by atoms with Crippen molar-refractivity contribution in [1.29, 1.82) is 0 Å². The van der Waals surface area contributed by atoms with E-state index in [0.29, 0.717) is 30.3 Å². The number of carbonyl (C=O) groups excluding carboxylic acids is 1. The number of carbonyl (C=O) groups is 2. The first-order chi connectivity index (χ1) is 18.0. The predicted octanol–water partition coefficient (Wildman–Crippen LogP) is 3.97. The van der Waals surface area contributed by atoms with Gasteiger partial charge < -0.3 is 24.6 Å². The Morgan fingerprint density at radius 1 is 1.03 bits per heavy atom. The topological polar surface area (TPSA) is 97.3 Å². The number of nitrogens with zero attached hydrogens (tertiary/aromatic N) is 1. The summed E-state index contributed by atoms with van der Waals surface area (Å²) in [6, 6.07) is 21.6. The van der Waals surface area contributed by atoms with Gasteiger partial charge in [-0.3, -0.25) is 14.5 Å². The molecule has 8 nitrogen and oxygen atoms in total. The fourth-order valence-corrected chi connectivity index (χ4v) is 5.33. The van der Waals surface area contributed by atoms with Crippen LogP contribution < -0.4 is 19.5 Å². The second kappa shape index (κ2) is 10.5. The summed E-state index contributed by atoms with van der Waals surface area (Å²) in [4.78, 5) is 28.1. The van der Waals surface area contributed by atoms with Crippen molar-refractivity contribution >= 4 is 11.9 Å². The molecule has 0 aromatic heterocycles. The van der Waals surface area contributed by atoms with Crippen molar-refractivity contribution in [3.8, 4) is 17.2 Å². The van der Waals surface area contributed by atoms with Crippen LogP contribution in [0.25, 0.3) is 0 Å². The second-order valence-corrected chi connectivity index (χ2v) is 9.38. The fraction of sp³-hybridized carbons (Fsp3) is 0.310. The summed E-state index contributed by atoms with van der Waals surface area (Å²) in [6.07, 6.45) is 0. The molecule has 4 atom stereocenters. The van der Waals surface area contributed by atoms with E-state index in [4.69, 9.17) is 14.2 Å². The number of rotatable bonds is 8. The first-order valence-corrected chi connectivity index (χ1v) is 12.3. The second-order valence-electron chi connectivity index (χ2n) is 9.38. The third-order valence-electron chi connectivity index (χ3n) is 7.29. The molecule has 2 aliphatic heterocycles. The highest BCUT2D eigenvalue weighted by Gasteiger charge is 2.50. The Balaban J connectivity index is 1.47. The quantitative estimate of drug-likeness (QED) is 0.481. The molecule has 2 aliphatic rings. The molecule has 0 bridgehead atoms. The van der Waals surface area contributed by atoms with Crippen molar-refractivity contribution in [2.75, 3.05) is 20.4 Å². The van der Waals surface area contributed by atoms with Gasteiger partial charge in [0.25, 0.3) is 0 Å². The number of nitrogens with one attached hydrogen (secondary N) is 1. The minimum Gasteiger partial charge on any atom is -0.497 e. The van der Waals surface area contributed by atoms with E-state index in [-0.39, 0.29) is 18.6 Å². The number of aliphatic carboxylic acids is 1. The van der Waals surface area contributed by atoms with Crippen molar-refractivity contribution in [3.63, 3.8) is 0 Å². The van der Waals surface area contributed by atoms with Crippen LogP contribution in [0.15, 0.2) is 72.8 Å². The number of carboxylic acid groups (broad SMARTS) is 1. The highest BCUT2D eigenvalue weighted by atomic mass is 16.7. The standard InChI is InChI=1S/C29H30N2O6/c1-18(28(32)30-15-19-6-4-3-5-7-19)31-16-23(21-10-13-24-25(14-21)37-17-36-24)26(29(33)34)27(31)20-8-11-22(35-2)12-9-20/h3-14,18,23,26-27H,15-17H2,1-2H3,(H,30,32)(H,33,34). The SMILES string of the molecule is COc1ccc(C2C(C(=O)O)C(c3ccc4c(c3)OCO4)CN2C(C)C(=O)NCc2ccccc2)cc1. The Morgan fingerprint density at radius 3 is 2.43 bits per heavy atom.